The molecule has 1 atom stereocenters. The first-order valence-corrected chi connectivity index (χ1v) is 6.64. The van der Waals surface area contributed by atoms with Crippen LogP contribution in [0.1, 0.15) is 26.2 Å². The van der Waals surface area contributed by atoms with Crippen molar-refractivity contribution in [1.82, 2.24) is 5.32 Å². The van der Waals surface area contributed by atoms with Gasteiger partial charge in [-0.05, 0) is 37.9 Å². The van der Waals surface area contributed by atoms with E-state index in [9.17, 15) is 8.78 Å². The maximum absolute atomic E-state index is 13.7. The molecule has 4 heteroatoms. The molecule has 1 aliphatic rings. The van der Waals surface area contributed by atoms with Crippen molar-refractivity contribution in [2.75, 3.05) is 24.5 Å². The lowest BCUT2D eigenvalue weighted by atomic mass is 10.0. The normalized spacial score (nSPS) is 20.2. The van der Waals surface area contributed by atoms with Crippen LogP contribution < -0.4 is 10.2 Å². The second-order valence-corrected chi connectivity index (χ2v) is 4.81. The number of benzene rings is 1. The van der Waals surface area contributed by atoms with Gasteiger partial charge in [-0.2, -0.15) is 0 Å². The largest absolute Gasteiger partial charge is 0.365 e. The molecule has 0 spiro atoms. The van der Waals surface area contributed by atoms with E-state index in [2.05, 4.69) is 12.2 Å². The molecule has 2 rings (SSSR count). The summed E-state index contributed by atoms with van der Waals surface area (Å²) < 4.78 is 27.4. The van der Waals surface area contributed by atoms with E-state index in [1.807, 2.05) is 4.90 Å². The first kappa shape index (κ1) is 13.3. The summed E-state index contributed by atoms with van der Waals surface area (Å²) in [6, 6.07) is 4.38. The van der Waals surface area contributed by atoms with E-state index in [0.29, 0.717) is 12.6 Å². The molecule has 0 bridgehead atoms. The molecule has 1 aromatic rings. The van der Waals surface area contributed by atoms with Crippen molar-refractivity contribution in [3.8, 4) is 0 Å². The van der Waals surface area contributed by atoms with Crippen LogP contribution in [-0.4, -0.2) is 25.7 Å². The zero-order valence-corrected chi connectivity index (χ0v) is 10.8. The monoisotopic (exact) mass is 254 g/mol. The molecular weight excluding hydrogens is 234 g/mol. The predicted octanol–water partition coefficient (Wildman–Crippen LogP) is 2.93. The summed E-state index contributed by atoms with van der Waals surface area (Å²) in [5.41, 5.74) is 0.125. The fourth-order valence-corrected chi connectivity index (χ4v) is 2.49. The van der Waals surface area contributed by atoms with Crippen molar-refractivity contribution in [2.45, 2.75) is 32.2 Å². The lowest BCUT2D eigenvalue weighted by Crippen LogP contribution is -2.46. The number of rotatable bonds is 4. The Morgan fingerprint density at radius 2 is 2.06 bits per heavy atom. The summed E-state index contributed by atoms with van der Waals surface area (Å²) in [4.78, 5) is 1.82. The molecule has 1 aromatic carbocycles. The fraction of sp³-hybridized carbons (Fsp3) is 0.571. The average molecular weight is 254 g/mol. The first-order chi connectivity index (χ1) is 8.72. The second kappa shape index (κ2) is 6.14. The van der Waals surface area contributed by atoms with E-state index in [4.69, 9.17) is 0 Å². The lowest BCUT2D eigenvalue weighted by Gasteiger charge is -2.35. The van der Waals surface area contributed by atoms with Crippen molar-refractivity contribution < 1.29 is 8.78 Å². The highest BCUT2D eigenvalue weighted by molar-refractivity contribution is 5.49. The van der Waals surface area contributed by atoms with Gasteiger partial charge in [0, 0.05) is 19.1 Å². The van der Waals surface area contributed by atoms with Gasteiger partial charge in [0.2, 0.25) is 0 Å². The summed E-state index contributed by atoms with van der Waals surface area (Å²) in [5, 5.41) is 3.42. The highest BCUT2D eigenvalue weighted by Crippen LogP contribution is 2.26. The van der Waals surface area contributed by atoms with Gasteiger partial charge in [-0.25, -0.2) is 8.78 Å². The minimum atomic E-state index is -0.467. The van der Waals surface area contributed by atoms with Gasteiger partial charge in [0.05, 0.1) is 0 Å². The van der Waals surface area contributed by atoms with Crippen LogP contribution in [0.4, 0.5) is 14.5 Å². The van der Waals surface area contributed by atoms with Crippen LogP contribution in [0.2, 0.25) is 0 Å². The molecule has 2 nitrogen and oxygen atoms in total. The van der Waals surface area contributed by atoms with Gasteiger partial charge in [-0.15, -0.1) is 0 Å². The van der Waals surface area contributed by atoms with Crippen molar-refractivity contribution in [2.24, 2.45) is 0 Å². The van der Waals surface area contributed by atoms with E-state index in [1.54, 1.807) is 0 Å². The van der Waals surface area contributed by atoms with Crippen LogP contribution in [0.3, 0.4) is 0 Å². The fourth-order valence-electron chi connectivity index (χ4n) is 2.49. The summed E-state index contributed by atoms with van der Waals surface area (Å²) in [6.45, 7) is 4.47. The van der Waals surface area contributed by atoms with Gasteiger partial charge in [-0.3, -0.25) is 0 Å². The van der Waals surface area contributed by atoms with Crippen molar-refractivity contribution in [1.29, 1.82) is 0 Å². The topological polar surface area (TPSA) is 15.3 Å². The third kappa shape index (κ3) is 2.99. The number of para-hydroxylation sites is 1. The van der Waals surface area contributed by atoms with Crippen LogP contribution in [0.25, 0.3) is 0 Å². The molecule has 1 unspecified atom stereocenters. The van der Waals surface area contributed by atoms with E-state index in [-0.39, 0.29) is 5.69 Å². The van der Waals surface area contributed by atoms with E-state index in [0.717, 1.165) is 32.4 Å². The zero-order valence-electron chi connectivity index (χ0n) is 10.8. The molecule has 1 aliphatic heterocycles. The molecule has 1 fully saturated rings. The quantitative estimate of drug-likeness (QED) is 0.888. The first-order valence-electron chi connectivity index (χ1n) is 6.64. The number of hydrogen-bond acceptors (Lipinski definition) is 2. The predicted molar refractivity (Wildman–Crippen MR) is 69.9 cm³/mol. The van der Waals surface area contributed by atoms with Crippen LogP contribution in [0.15, 0.2) is 18.2 Å². The number of piperidine rings is 1. The number of anilines is 1. The summed E-state index contributed by atoms with van der Waals surface area (Å²) in [6.07, 6.45) is 3.12. The van der Waals surface area contributed by atoms with Crippen LogP contribution in [0, 0.1) is 11.6 Å². The maximum atomic E-state index is 13.7. The molecule has 18 heavy (non-hydrogen) atoms. The Morgan fingerprint density at radius 1 is 1.33 bits per heavy atom. The Labute approximate surface area is 107 Å². The van der Waals surface area contributed by atoms with Gasteiger partial charge in [-0.1, -0.05) is 13.0 Å². The molecule has 0 radical (unpaired) electrons. The Bertz CT molecular complexity index is 375. The standard InChI is InChI=1S/C14H20F2N2/c1-2-8-17-11-5-4-9-18(10-11)14-12(15)6-3-7-13(14)16/h3,6-7,11,17H,2,4-5,8-10H2,1H3. The Balaban J connectivity index is 2.08. The van der Waals surface area contributed by atoms with Crippen LogP contribution in [-0.2, 0) is 0 Å². The highest BCUT2D eigenvalue weighted by atomic mass is 19.1. The van der Waals surface area contributed by atoms with Gasteiger partial charge in [0.25, 0.3) is 0 Å². The SMILES string of the molecule is CCCNC1CCCN(c2c(F)cccc2F)C1. The Morgan fingerprint density at radius 3 is 2.72 bits per heavy atom. The van der Waals surface area contributed by atoms with Gasteiger partial charge in [0.1, 0.15) is 17.3 Å². The summed E-state index contributed by atoms with van der Waals surface area (Å²) in [5.74, 6) is -0.933. The number of nitrogens with one attached hydrogen (secondary N) is 1. The third-order valence-electron chi connectivity index (χ3n) is 3.36. The smallest absolute Gasteiger partial charge is 0.149 e. The second-order valence-electron chi connectivity index (χ2n) is 4.81. The van der Waals surface area contributed by atoms with Crippen LogP contribution in [0.5, 0.6) is 0 Å². The minimum Gasteiger partial charge on any atom is -0.365 e. The van der Waals surface area contributed by atoms with E-state index >= 15 is 0 Å². The number of halogens is 2. The van der Waals surface area contributed by atoms with Crippen molar-refractivity contribution in [3.63, 3.8) is 0 Å². The van der Waals surface area contributed by atoms with E-state index < -0.39 is 11.6 Å². The summed E-state index contributed by atoms with van der Waals surface area (Å²) in [7, 11) is 0. The molecule has 100 valence electrons. The minimum absolute atomic E-state index is 0.125. The summed E-state index contributed by atoms with van der Waals surface area (Å²) >= 11 is 0. The number of nitrogens with zero attached hydrogens (tertiary/aromatic N) is 1. The Kier molecular flexibility index (Phi) is 4.53. The maximum Gasteiger partial charge on any atom is 0.149 e. The third-order valence-corrected chi connectivity index (χ3v) is 3.36. The van der Waals surface area contributed by atoms with Gasteiger partial charge >= 0.3 is 0 Å². The molecular formula is C14H20F2N2. The highest BCUT2D eigenvalue weighted by Gasteiger charge is 2.23. The number of hydrogen-bond donors (Lipinski definition) is 1. The molecule has 0 aliphatic carbocycles. The molecule has 1 heterocycles. The molecule has 0 saturated carbocycles. The lowest BCUT2D eigenvalue weighted by molar-refractivity contribution is 0.416. The molecule has 0 amide bonds. The zero-order chi connectivity index (χ0) is 13.0. The van der Waals surface area contributed by atoms with Crippen molar-refractivity contribution >= 4 is 5.69 Å². The molecule has 0 aromatic heterocycles. The van der Waals surface area contributed by atoms with E-state index in [1.165, 1.54) is 18.2 Å². The van der Waals surface area contributed by atoms with Gasteiger partial charge in [0.15, 0.2) is 0 Å². The van der Waals surface area contributed by atoms with Crippen LogP contribution >= 0.6 is 0 Å². The van der Waals surface area contributed by atoms with Crippen molar-refractivity contribution in [3.05, 3.63) is 29.8 Å². The molecule has 1 saturated heterocycles. The molecule has 1 N–H and O–H groups in total. The average Bonchev–Trinajstić information content (AvgIpc) is 2.37. The Hall–Kier alpha value is -1.16. The van der Waals surface area contributed by atoms with Gasteiger partial charge < -0.3 is 10.2 Å².